The molecule has 0 aliphatic heterocycles. The number of nitrogens with one attached hydrogen (secondary N) is 2. The quantitative estimate of drug-likeness (QED) is 0.874. The molecule has 0 aromatic carbocycles. The van der Waals surface area contributed by atoms with Gasteiger partial charge in [-0.2, -0.15) is 0 Å². The number of aromatic nitrogens is 1. The normalized spacial score (nSPS) is 23.5. The Hall–Kier alpha value is -1.14. The number of sulfonamides is 1. The topological polar surface area (TPSA) is 71.1 Å². The second-order valence-electron chi connectivity index (χ2n) is 5.58. The number of hydrogen-bond donors (Lipinski definition) is 2. The summed E-state index contributed by atoms with van der Waals surface area (Å²) in [5, 5.41) is 2.94. The first kappa shape index (κ1) is 15.3. The molecule has 0 saturated heterocycles. The fraction of sp³-hybridized carbons (Fsp3) is 0.643. The lowest BCUT2D eigenvalue weighted by Crippen LogP contribution is -2.32. The van der Waals surface area contributed by atoms with Gasteiger partial charge in [-0.25, -0.2) is 18.1 Å². The first-order valence-corrected chi connectivity index (χ1v) is 8.63. The van der Waals surface area contributed by atoms with Crippen LogP contribution in [0.1, 0.15) is 32.6 Å². The van der Waals surface area contributed by atoms with Crippen LogP contribution in [0.2, 0.25) is 0 Å². The summed E-state index contributed by atoms with van der Waals surface area (Å²) in [6.45, 7) is 2.77. The zero-order valence-electron chi connectivity index (χ0n) is 12.1. The lowest BCUT2D eigenvalue weighted by atomic mass is 9.83. The van der Waals surface area contributed by atoms with E-state index in [0.717, 1.165) is 18.8 Å². The molecule has 0 radical (unpaired) electrons. The molecule has 1 aromatic rings. The average molecular weight is 297 g/mol. The van der Waals surface area contributed by atoms with E-state index < -0.39 is 10.0 Å². The Morgan fingerprint density at radius 2 is 2.00 bits per heavy atom. The summed E-state index contributed by atoms with van der Waals surface area (Å²) in [7, 11) is -1.85. The molecule has 1 heterocycles. The molecule has 20 heavy (non-hydrogen) atoms. The van der Waals surface area contributed by atoms with Gasteiger partial charge in [0.05, 0.1) is 5.69 Å². The molecule has 0 bridgehead atoms. The van der Waals surface area contributed by atoms with Gasteiger partial charge < -0.3 is 5.32 Å². The van der Waals surface area contributed by atoms with Crippen LogP contribution in [0.3, 0.4) is 0 Å². The maximum absolute atomic E-state index is 12.3. The molecule has 2 rings (SSSR count). The van der Waals surface area contributed by atoms with Crippen molar-refractivity contribution in [2.24, 2.45) is 11.8 Å². The van der Waals surface area contributed by atoms with Crippen molar-refractivity contribution in [1.82, 2.24) is 9.71 Å². The molecule has 2 N–H and O–H groups in total. The van der Waals surface area contributed by atoms with Crippen molar-refractivity contribution < 1.29 is 8.42 Å². The average Bonchev–Trinajstić information content (AvgIpc) is 2.46. The largest absolute Gasteiger partial charge is 0.386 e. The summed E-state index contributed by atoms with van der Waals surface area (Å²) in [5.74, 6) is 1.22. The number of hydrogen-bond acceptors (Lipinski definition) is 4. The van der Waals surface area contributed by atoms with E-state index in [9.17, 15) is 8.42 Å². The lowest BCUT2D eigenvalue weighted by Gasteiger charge is -2.26. The monoisotopic (exact) mass is 297 g/mol. The third-order valence-corrected chi connectivity index (χ3v) is 5.37. The minimum Gasteiger partial charge on any atom is -0.386 e. The van der Waals surface area contributed by atoms with Crippen LogP contribution in [-0.4, -0.2) is 27.0 Å². The summed E-state index contributed by atoms with van der Waals surface area (Å²) in [4.78, 5) is 3.98. The van der Waals surface area contributed by atoms with E-state index in [-0.39, 0.29) is 5.03 Å². The van der Waals surface area contributed by atoms with Gasteiger partial charge in [-0.1, -0.05) is 19.8 Å². The molecule has 0 unspecified atom stereocenters. The molecule has 6 heteroatoms. The highest BCUT2D eigenvalue weighted by atomic mass is 32.2. The highest BCUT2D eigenvalue weighted by Crippen LogP contribution is 2.28. The van der Waals surface area contributed by atoms with Crippen molar-refractivity contribution in [2.45, 2.75) is 37.6 Å². The van der Waals surface area contributed by atoms with Gasteiger partial charge in [-0.15, -0.1) is 0 Å². The van der Waals surface area contributed by atoms with Gasteiger partial charge in [0, 0.05) is 19.8 Å². The van der Waals surface area contributed by atoms with Crippen LogP contribution in [0, 0.1) is 11.8 Å². The maximum atomic E-state index is 12.3. The zero-order valence-corrected chi connectivity index (χ0v) is 12.9. The third-order valence-electron chi connectivity index (χ3n) is 3.99. The first-order valence-electron chi connectivity index (χ1n) is 7.15. The van der Waals surface area contributed by atoms with Crippen LogP contribution in [0.4, 0.5) is 5.69 Å². The van der Waals surface area contributed by atoms with Crippen molar-refractivity contribution in [3.05, 3.63) is 18.3 Å². The predicted molar refractivity (Wildman–Crippen MR) is 80.1 cm³/mol. The van der Waals surface area contributed by atoms with Crippen molar-refractivity contribution >= 4 is 15.7 Å². The molecule has 112 valence electrons. The van der Waals surface area contributed by atoms with Crippen LogP contribution in [-0.2, 0) is 10.0 Å². The summed E-state index contributed by atoms with van der Waals surface area (Å²) in [5.41, 5.74) is 0.525. The molecule has 0 atom stereocenters. The number of pyridine rings is 1. The summed E-state index contributed by atoms with van der Waals surface area (Å²) in [6.07, 6.45) is 6.09. The van der Waals surface area contributed by atoms with E-state index in [1.807, 2.05) is 0 Å². The first-order chi connectivity index (χ1) is 9.53. The highest BCUT2D eigenvalue weighted by molar-refractivity contribution is 7.89. The van der Waals surface area contributed by atoms with Gasteiger partial charge in [0.15, 0.2) is 5.03 Å². The van der Waals surface area contributed by atoms with Crippen LogP contribution in [0.5, 0.6) is 0 Å². The molecular weight excluding hydrogens is 274 g/mol. The molecule has 1 saturated carbocycles. The predicted octanol–water partition coefficient (Wildman–Crippen LogP) is 2.23. The lowest BCUT2D eigenvalue weighted by molar-refractivity contribution is 0.290. The van der Waals surface area contributed by atoms with E-state index in [2.05, 4.69) is 21.9 Å². The Kier molecular flexibility index (Phi) is 4.99. The SMILES string of the molecule is CNc1cccnc1S(=O)(=O)NCC1CCC(C)CC1. The zero-order chi connectivity index (χ0) is 14.6. The summed E-state index contributed by atoms with van der Waals surface area (Å²) < 4.78 is 27.3. The number of rotatable bonds is 5. The third kappa shape index (κ3) is 3.70. The van der Waals surface area contributed by atoms with Crippen LogP contribution in [0.25, 0.3) is 0 Å². The molecular formula is C14H23N3O2S. The number of anilines is 1. The van der Waals surface area contributed by atoms with E-state index in [0.29, 0.717) is 18.2 Å². The fourth-order valence-electron chi connectivity index (χ4n) is 2.62. The molecule has 1 fully saturated rings. The van der Waals surface area contributed by atoms with E-state index in [1.54, 1.807) is 19.2 Å². The minimum atomic E-state index is -3.54. The molecule has 1 aliphatic carbocycles. The van der Waals surface area contributed by atoms with Gasteiger partial charge in [-0.05, 0) is 36.8 Å². The van der Waals surface area contributed by atoms with Gasteiger partial charge in [0.25, 0.3) is 10.0 Å². The Bertz CT molecular complexity index is 537. The van der Waals surface area contributed by atoms with Crippen molar-refractivity contribution in [2.75, 3.05) is 18.9 Å². The van der Waals surface area contributed by atoms with Crippen LogP contribution < -0.4 is 10.0 Å². The summed E-state index contributed by atoms with van der Waals surface area (Å²) in [6, 6.07) is 3.43. The van der Waals surface area contributed by atoms with E-state index in [4.69, 9.17) is 0 Å². The Morgan fingerprint density at radius 3 is 2.65 bits per heavy atom. The summed E-state index contributed by atoms with van der Waals surface area (Å²) >= 11 is 0. The van der Waals surface area contributed by atoms with Crippen molar-refractivity contribution in [3.63, 3.8) is 0 Å². The molecule has 5 nitrogen and oxygen atoms in total. The highest BCUT2D eigenvalue weighted by Gasteiger charge is 2.23. The standard InChI is InChI=1S/C14H23N3O2S/c1-11-5-7-12(8-6-11)10-17-20(18,19)14-13(15-2)4-3-9-16-14/h3-4,9,11-12,15,17H,5-8,10H2,1-2H3. The van der Waals surface area contributed by atoms with Gasteiger partial charge >= 0.3 is 0 Å². The fourth-order valence-corrected chi connectivity index (χ4v) is 3.88. The molecule has 0 amide bonds. The van der Waals surface area contributed by atoms with E-state index >= 15 is 0 Å². The van der Waals surface area contributed by atoms with Gasteiger partial charge in [-0.3, -0.25) is 0 Å². The Labute approximate surface area is 121 Å². The van der Waals surface area contributed by atoms with Gasteiger partial charge in [0.2, 0.25) is 0 Å². The maximum Gasteiger partial charge on any atom is 0.260 e. The number of nitrogens with zero attached hydrogens (tertiary/aromatic N) is 1. The molecule has 1 aromatic heterocycles. The van der Waals surface area contributed by atoms with E-state index in [1.165, 1.54) is 19.0 Å². The Balaban J connectivity index is 2.00. The molecule has 1 aliphatic rings. The van der Waals surface area contributed by atoms with Crippen molar-refractivity contribution in [1.29, 1.82) is 0 Å². The van der Waals surface area contributed by atoms with Gasteiger partial charge in [0.1, 0.15) is 0 Å². The smallest absolute Gasteiger partial charge is 0.260 e. The molecule has 0 spiro atoms. The van der Waals surface area contributed by atoms with Crippen molar-refractivity contribution in [3.8, 4) is 0 Å². The van der Waals surface area contributed by atoms with Crippen LogP contribution in [0.15, 0.2) is 23.4 Å². The second-order valence-corrected chi connectivity index (χ2v) is 7.27. The Morgan fingerprint density at radius 1 is 1.30 bits per heavy atom. The second kappa shape index (κ2) is 6.54. The minimum absolute atomic E-state index is 0.0756. The van der Waals surface area contributed by atoms with Crippen LogP contribution >= 0.6 is 0 Å².